The zero-order valence-electron chi connectivity index (χ0n) is 15.3. The van der Waals surface area contributed by atoms with Gasteiger partial charge in [0.15, 0.2) is 0 Å². The van der Waals surface area contributed by atoms with Crippen molar-refractivity contribution in [2.45, 2.75) is 37.4 Å². The Balaban J connectivity index is 1.43. The van der Waals surface area contributed by atoms with E-state index in [-0.39, 0.29) is 19.0 Å². The number of amides is 1. The third kappa shape index (κ3) is 5.04. The Labute approximate surface area is 155 Å². The second-order valence-corrected chi connectivity index (χ2v) is 7.57. The highest BCUT2D eigenvalue weighted by Gasteiger charge is 2.45. The van der Waals surface area contributed by atoms with Gasteiger partial charge in [-0.3, -0.25) is 4.79 Å². The number of carbonyl (C=O) groups excluding carboxylic acids is 1. The highest BCUT2D eigenvalue weighted by Crippen LogP contribution is 2.23. The first-order chi connectivity index (χ1) is 12.6. The number of aliphatic hydroxyl groups is 2. The van der Waals surface area contributed by atoms with Gasteiger partial charge in [-0.15, -0.1) is 0 Å². The van der Waals surface area contributed by atoms with E-state index in [1.165, 1.54) is 0 Å². The van der Waals surface area contributed by atoms with E-state index in [2.05, 4.69) is 5.32 Å². The van der Waals surface area contributed by atoms with Crippen LogP contribution in [0, 0.1) is 5.92 Å². The average molecular weight is 362 g/mol. The largest absolute Gasteiger partial charge is 0.388 e. The normalized spacial score (nSPS) is 27.0. The van der Waals surface area contributed by atoms with Gasteiger partial charge in [-0.1, -0.05) is 30.3 Å². The number of ether oxygens (including phenoxy) is 1. The third-order valence-electron chi connectivity index (χ3n) is 5.51. The van der Waals surface area contributed by atoms with Crippen LogP contribution in [0.25, 0.3) is 0 Å². The van der Waals surface area contributed by atoms with Crippen LogP contribution >= 0.6 is 0 Å². The molecule has 1 amide bonds. The molecule has 0 radical (unpaired) electrons. The first-order valence-electron chi connectivity index (χ1n) is 9.57. The highest BCUT2D eigenvalue weighted by atomic mass is 16.5. The van der Waals surface area contributed by atoms with Gasteiger partial charge in [0, 0.05) is 32.7 Å². The molecule has 0 saturated carbocycles. The number of hydrogen-bond acceptors (Lipinski definition) is 5. The first kappa shape index (κ1) is 19.3. The number of likely N-dealkylation sites (tertiary alicyclic amines) is 1. The Morgan fingerprint density at radius 1 is 1.27 bits per heavy atom. The summed E-state index contributed by atoms with van der Waals surface area (Å²) in [5, 5.41) is 24.3. The second-order valence-electron chi connectivity index (χ2n) is 7.57. The summed E-state index contributed by atoms with van der Waals surface area (Å²) < 4.78 is 5.35. The van der Waals surface area contributed by atoms with E-state index in [1.807, 2.05) is 30.3 Å². The maximum atomic E-state index is 12.4. The van der Waals surface area contributed by atoms with E-state index in [1.54, 1.807) is 4.90 Å². The van der Waals surface area contributed by atoms with Crippen LogP contribution in [0.4, 0.5) is 0 Å². The zero-order chi connectivity index (χ0) is 18.4. The van der Waals surface area contributed by atoms with Crippen molar-refractivity contribution in [1.82, 2.24) is 10.2 Å². The summed E-state index contributed by atoms with van der Waals surface area (Å²) in [7, 11) is 0. The number of carbonyl (C=O) groups is 1. The van der Waals surface area contributed by atoms with Crippen molar-refractivity contribution in [3.63, 3.8) is 0 Å². The predicted octanol–water partition coefficient (Wildman–Crippen LogP) is 0.570. The third-order valence-corrected chi connectivity index (χ3v) is 5.51. The SMILES string of the molecule is O=C(CCc1ccccc1)N1C[C@@H](O)[C@](O)(CNCC2CCOCC2)C1. The number of nitrogens with one attached hydrogen (secondary N) is 1. The molecule has 0 spiro atoms. The van der Waals surface area contributed by atoms with Crippen LogP contribution in [-0.2, 0) is 16.0 Å². The molecule has 2 fully saturated rings. The molecule has 0 unspecified atom stereocenters. The number of β-amino-alcohol motifs (C(OH)–C–C–N with tert-alkyl or cyclic N) is 2. The van der Waals surface area contributed by atoms with Crippen molar-refractivity contribution in [3.8, 4) is 0 Å². The Kier molecular flexibility index (Phi) is 6.64. The van der Waals surface area contributed by atoms with E-state index in [4.69, 9.17) is 4.74 Å². The van der Waals surface area contributed by atoms with Crippen molar-refractivity contribution >= 4 is 5.91 Å². The minimum atomic E-state index is -1.27. The van der Waals surface area contributed by atoms with Crippen molar-refractivity contribution in [2.75, 3.05) is 39.4 Å². The molecule has 0 aliphatic carbocycles. The zero-order valence-corrected chi connectivity index (χ0v) is 15.3. The molecule has 1 aromatic carbocycles. The molecular weight excluding hydrogens is 332 g/mol. The Bertz CT molecular complexity index is 576. The summed E-state index contributed by atoms with van der Waals surface area (Å²) in [5.41, 5.74) is -0.151. The smallest absolute Gasteiger partial charge is 0.223 e. The quantitative estimate of drug-likeness (QED) is 0.661. The van der Waals surface area contributed by atoms with Crippen LogP contribution < -0.4 is 5.32 Å². The fourth-order valence-electron chi connectivity index (χ4n) is 3.74. The van der Waals surface area contributed by atoms with Gasteiger partial charge in [0.25, 0.3) is 0 Å². The summed E-state index contributed by atoms with van der Waals surface area (Å²) in [5.74, 6) is 0.530. The van der Waals surface area contributed by atoms with Crippen LogP contribution in [0.2, 0.25) is 0 Å². The maximum Gasteiger partial charge on any atom is 0.223 e. The summed E-state index contributed by atoms with van der Waals surface area (Å²) in [6, 6.07) is 9.88. The lowest BCUT2D eigenvalue weighted by Gasteiger charge is -2.28. The van der Waals surface area contributed by atoms with E-state index < -0.39 is 11.7 Å². The molecule has 3 N–H and O–H groups in total. The molecule has 26 heavy (non-hydrogen) atoms. The first-order valence-corrected chi connectivity index (χ1v) is 9.57. The molecule has 2 saturated heterocycles. The van der Waals surface area contributed by atoms with Crippen LogP contribution in [0.3, 0.4) is 0 Å². The van der Waals surface area contributed by atoms with E-state index >= 15 is 0 Å². The average Bonchev–Trinajstić information content (AvgIpc) is 2.96. The Hall–Kier alpha value is -1.47. The van der Waals surface area contributed by atoms with E-state index in [0.29, 0.717) is 25.3 Å². The topological polar surface area (TPSA) is 82.0 Å². The van der Waals surface area contributed by atoms with Gasteiger partial charge in [0.1, 0.15) is 11.7 Å². The number of aliphatic hydroxyl groups excluding tert-OH is 1. The van der Waals surface area contributed by atoms with Crippen molar-refractivity contribution in [2.24, 2.45) is 5.92 Å². The monoisotopic (exact) mass is 362 g/mol. The Morgan fingerprint density at radius 2 is 2.00 bits per heavy atom. The molecule has 6 heteroatoms. The van der Waals surface area contributed by atoms with Crippen molar-refractivity contribution < 1.29 is 19.7 Å². The second kappa shape index (κ2) is 8.95. The molecule has 2 atom stereocenters. The summed E-state index contributed by atoms with van der Waals surface area (Å²) in [6.45, 7) is 3.08. The van der Waals surface area contributed by atoms with Crippen molar-refractivity contribution in [1.29, 1.82) is 0 Å². The molecular formula is C20H30N2O4. The van der Waals surface area contributed by atoms with Gasteiger partial charge in [-0.2, -0.15) is 0 Å². The highest BCUT2D eigenvalue weighted by molar-refractivity contribution is 5.77. The fraction of sp³-hybridized carbons (Fsp3) is 0.650. The van der Waals surface area contributed by atoms with Gasteiger partial charge in [0.05, 0.1) is 6.54 Å². The molecule has 6 nitrogen and oxygen atoms in total. The molecule has 3 rings (SSSR count). The van der Waals surface area contributed by atoms with Crippen molar-refractivity contribution in [3.05, 3.63) is 35.9 Å². The van der Waals surface area contributed by atoms with Crippen LogP contribution in [0.5, 0.6) is 0 Å². The number of nitrogens with zero attached hydrogens (tertiary/aromatic N) is 1. The maximum absolute atomic E-state index is 12.4. The molecule has 2 heterocycles. The molecule has 144 valence electrons. The minimum Gasteiger partial charge on any atom is -0.388 e. The number of aryl methyl sites for hydroxylation is 1. The summed E-state index contributed by atoms with van der Waals surface area (Å²) in [4.78, 5) is 14.0. The predicted molar refractivity (Wildman–Crippen MR) is 98.7 cm³/mol. The van der Waals surface area contributed by atoms with Crippen LogP contribution in [-0.4, -0.2) is 72.1 Å². The standard InChI is InChI=1S/C20H30N2O4/c23-18-13-22(19(24)7-6-16-4-2-1-3-5-16)15-20(18,25)14-21-12-17-8-10-26-11-9-17/h1-5,17-18,21,23,25H,6-15H2/t18-,20+/m1/s1. The minimum absolute atomic E-state index is 0.0201. The molecule has 1 aromatic rings. The number of rotatable bonds is 7. The summed E-state index contributed by atoms with van der Waals surface area (Å²) in [6.07, 6.45) is 2.20. The van der Waals surface area contributed by atoms with Crippen LogP contribution in [0.15, 0.2) is 30.3 Å². The molecule has 0 aromatic heterocycles. The van der Waals surface area contributed by atoms with Crippen LogP contribution in [0.1, 0.15) is 24.8 Å². The van der Waals surface area contributed by atoms with Gasteiger partial charge in [-0.05, 0) is 37.3 Å². The summed E-state index contributed by atoms with van der Waals surface area (Å²) >= 11 is 0. The Morgan fingerprint density at radius 3 is 2.73 bits per heavy atom. The lowest BCUT2D eigenvalue weighted by atomic mass is 9.98. The number of benzene rings is 1. The fourth-order valence-corrected chi connectivity index (χ4v) is 3.74. The number of hydrogen-bond donors (Lipinski definition) is 3. The molecule has 2 aliphatic rings. The molecule has 2 aliphatic heterocycles. The lowest BCUT2D eigenvalue weighted by Crippen LogP contribution is -2.51. The lowest BCUT2D eigenvalue weighted by molar-refractivity contribution is -0.131. The van der Waals surface area contributed by atoms with E-state index in [0.717, 1.165) is 38.2 Å². The molecule has 0 bridgehead atoms. The van der Waals surface area contributed by atoms with Gasteiger partial charge >= 0.3 is 0 Å². The van der Waals surface area contributed by atoms with Gasteiger partial charge in [0.2, 0.25) is 5.91 Å². The van der Waals surface area contributed by atoms with E-state index in [9.17, 15) is 15.0 Å². The van der Waals surface area contributed by atoms with Gasteiger partial charge in [-0.25, -0.2) is 0 Å². The van der Waals surface area contributed by atoms with Gasteiger partial charge < -0.3 is 25.2 Å².